The van der Waals surface area contributed by atoms with Crippen LogP contribution in [0.4, 0.5) is 0 Å². The van der Waals surface area contributed by atoms with Crippen molar-refractivity contribution in [3.63, 3.8) is 0 Å². The fourth-order valence-electron chi connectivity index (χ4n) is 3.73. The van der Waals surface area contributed by atoms with E-state index in [1.165, 1.54) is 25.9 Å². The zero-order valence-corrected chi connectivity index (χ0v) is 11.3. The zero-order chi connectivity index (χ0) is 13.7. The molecule has 3 aliphatic rings. The Morgan fingerprint density at radius 1 is 1.25 bits per heavy atom. The van der Waals surface area contributed by atoms with Crippen LogP contribution in [-0.4, -0.2) is 40.2 Å². The maximum absolute atomic E-state index is 11.6. The minimum atomic E-state index is -0.443. The van der Waals surface area contributed by atoms with Crippen molar-refractivity contribution in [2.45, 2.75) is 18.9 Å². The number of hydrogen-bond donors (Lipinski definition) is 1. The van der Waals surface area contributed by atoms with Gasteiger partial charge in [0.2, 0.25) is 0 Å². The molecule has 0 saturated carbocycles. The molecule has 0 radical (unpaired) electrons. The molecule has 5 rings (SSSR count). The van der Waals surface area contributed by atoms with Gasteiger partial charge >= 0.3 is 0 Å². The molecule has 3 fully saturated rings. The number of fused-ring (bicyclic) bond motifs is 4. The van der Waals surface area contributed by atoms with Crippen LogP contribution in [-0.2, 0) is 0 Å². The first-order valence-electron chi connectivity index (χ1n) is 7.23. The van der Waals surface area contributed by atoms with E-state index in [4.69, 9.17) is 5.73 Å². The summed E-state index contributed by atoms with van der Waals surface area (Å²) in [4.78, 5) is 14.1. The van der Waals surface area contributed by atoms with E-state index < -0.39 is 5.91 Å². The number of hydrogen-bond acceptors (Lipinski definition) is 3. The highest BCUT2D eigenvalue weighted by Gasteiger charge is 2.36. The van der Waals surface area contributed by atoms with Crippen LogP contribution >= 0.6 is 0 Å². The Balaban J connectivity index is 1.86. The number of carbonyl (C=O) groups is 1. The Morgan fingerprint density at radius 3 is 2.65 bits per heavy atom. The minimum absolute atomic E-state index is 0.371. The number of carbonyl (C=O) groups excluding carboxylic acids is 1. The molecule has 1 atom stereocenters. The lowest BCUT2D eigenvalue weighted by molar-refractivity contribution is 0.0531. The molecule has 4 heterocycles. The van der Waals surface area contributed by atoms with Crippen LogP contribution in [0.15, 0.2) is 24.3 Å². The summed E-state index contributed by atoms with van der Waals surface area (Å²) in [7, 11) is 0. The number of amides is 1. The molecule has 0 spiro atoms. The van der Waals surface area contributed by atoms with Crippen LogP contribution in [0, 0.1) is 5.92 Å². The van der Waals surface area contributed by atoms with E-state index in [1.807, 2.05) is 28.9 Å². The number of nitrogens with two attached hydrogens (primary N) is 1. The summed E-state index contributed by atoms with van der Waals surface area (Å²) in [5, 5.41) is 5.42. The molecule has 1 aromatic heterocycles. The largest absolute Gasteiger partial charge is 0.364 e. The van der Waals surface area contributed by atoms with E-state index in [2.05, 4.69) is 10.00 Å². The Bertz CT molecular complexity index is 670. The predicted molar refractivity (Wildman–Crippen MR) is 76.5 cm³/mol. The summed E-state index contributed by atoms with van der Waals surface area (Å²) in [6, 6.07) is 8.26. The van der Waals surface area contributed by atoms with Crippen molar-refractivity contribution in [3.05, 3.63) is 30.0 Å². The van der Waals surface area contributed by atoms with Crippen molar-refractivity contribution in [1.29, 1.82) is 0 Å². The van der Waals surface area contributed by atoms with Crippen LogP contribution in [0.2, 0.25) is 0 Å². The van der Waals surface area contributed by atoms with Crippen LogP contribution in [0.3, 0.4) is 0 Å². The topological polar surface area (TPSA) is 64.2 Å². The summed E-state index contributed by atoms with van der Waals surface area (Å²) in [6.45, 7) is 3.43. The average molecular weight is 270 g/mol. The van der Waals surface area contributed by atoms with Gasteiger partial charge in [-0.05, 0) is 37.9 Å². The normalized spacial score (nSPS) is 28.9. The first-order valence-corrected chi connectivity index (χ1v) is 7.23. The molecule has 1 amide bonds. The van der Waals surface area contributed by atoms with E-state index in [9.17, 15) is 4.79 Å². The first kappa shape index (κ1) is 11.9. The summed E-state index contributed by atoms with van der Waals surface area (Å²) in [5.74, 6) is 0.227. The van der Waals surface area contributed by atoms with Crippen molar-refractivity contribution in [2.24, 2.45) is 11.7 Å². The van der Waals surface area contributed by atoms with Crippen LogP contribution < -0.4 is 5.73 Å². The highest BCUT2D eigenvalue weighted by Crippen LogP contribution is 2.37. The third kappa shape index (κ3) is 1.66. The van der Waals surface area contributed by atoms with Gasteiger partial charge in [-0.25, -0.2) is 0 Å². The standard InChI is InChI=1S/C15H18N4O/c16-15(20)14-11-3-1-2-4-12(11)19(17-14)13-9-18-7-5-10(13)6-8-18/h1-4,10,13H,5-9H2,(H2,16,20)/t13-/m1/s1. The molecule has 20 heavy (non-hydrogen) atoms. The molecule has 3 saturated heterocycles. The van der Waals surface area contributed by atoms with Gasteiger partial charge in [0, 0.05) is 11.9 Å². The third-order valence-electron chi connectivity index (χ3n) is 4.78. The molecular formula is C15H18N4O. The maximum atomic E-state index is 11.6. The lowest BCUT2D eigenvalue weighted by Gasteiger charge is -2.44. The fraction of sp³-hybridized carbons (Fsp3) is 0.467. The van der Waals surface area contributed by atoms with E-state index in [0.29, 0.717) is 17.7 Å². The van der Waals surface area contributed by atoms with Gasteiger partial charge in [-0.3, -0.25) is 9.48 Å². The molecule has 2 N–H and O–H groups in total. The van der Waals surface area contributed by atoms with Gasteiger partial charge in [0.1, 0.15) is 0 Å². The second-order valence-corrected chi connectivity index (χ2v) is 5.88. The van der Waals surface area contributed by atoms with Crippen molar-refractivity contribution in [2.75, 3.05) is 19.6 Å². The van der Waals surface area contributed by atoms with Gasteiger partial charge in [-0.1, -0.05) is 18.2 Å². The number of primary amides is 1. The number of piperidine rings is 3. The molecule has 0 aliphatic carbocycles. The highest BCUT2D eigenvalue weighted by molar-refractivity contribution is 6.04. The van der Waals surface area contributed by atoms with E-state index in [1.54, 1.807) is 0 Å². The van der Waals surface area contributed by atoms with Crippen LogP contribution in [0.1, 0.15) is 29.4 Å². The number of nitrogens with zero attached hydrogens (tertiary/aromatic N) is 3. The molecule has 5 heteroatoms. The van der Waals surface area contributed by atoms with E-state index in [-0.39, 0.29) is 0 Å². The van der Waals surface area contributed by atoms with Gasteiger partial charge in [0.15, 0.2) is 5.69 Å². The molecule has 104 valence electrons. The summed E-state index contributed by atoms with van der Waals surface area (Å²) < 4.78 is 2.05. The summed E-state index contributed by atoms with van der Waals surface area (Å²) in [6.07, 6.45) is 2.45. The van der Waals surface area contributed by atoms with Gasteiger partial charge in [0.25, 0.3) is 5.91 Å². The fourth-order valence-corrected chi connectivity index (χ4v) is 3.73. The Hall–Kier alpha value is -1.88. The molecule has 0 unspecified atom stereocenters. The van der Waals surface area contributed by atoms with Gasteiger partial charge in [0.05, 0.1) is 11.6 Å². The van der Waals surface area contributed by atoms with Crippen LogP contribution in [0.5, 0.6) is 0 Å². The van der Waals surface area contributed by atoms with Crippen molar-refractivity contribution in [3.8, 4) is 0 Å². The number of para-hydroxylation sites is 1. The zero-order valence-electron chi connectivity index (χ0n) is 11.3. The van der Waals surface area contributed by atoms with Gasteiger partial charge in [-0.2, -0.15) is 5.10 Å². The lowest BCUT2D eigenvalue weighted by atomic mass is 9.84. The number of aromatic nitrogens is 2. The van der Waals surface area contributed by atoms with Crippen molar-refractivity contribution >= 4 is 16.8 Å². The monoisotopic (exact) mass is 270 g/mol. The van der Waals surface area contributed by atoms with E-state index in [0.717, 1.165) is 17.4 Å². The molecule has 3 aliphatic heterocycles. The van der Waals surface area contributed by atoms with Gasteiger partial charge < -0.3 is 10.6 Å². The summed E-state index contributed by atoms with van der Waals surface area (Å²) in [5.41, 5.74) is 6.90. The van der Waals surface area contributed by atoms with E-state index >= 15 is 0 Å². The smallest absolute Gasteiger partial charge is 0.269 e. The number of rotatable bonds is 2. The van der Waals surface area contributed by atoms with Crippen molar-refractivity contribution < 1.29 is 4.79 Å². The predicted octanol–water partition coefficient (Wildman–Crippen LogP) is 1.40. The SMILES string of the molecule is NC(=O)c1nn([C@@H]2CN3CCC2CC3)c2ccccc12. The third-order valence-corrected chi connectivity index (χ3v) is 4.78. The quantitative estimate of drug-likeness (QED) is 0.897. The average Bonchev–Trinajstić information content (AvgIpc) is 2.88. The molecular weight excluding hydrogens is 252 g/mol. The number of benzene rings is 1. The van der Waals surface area contributed by atoms with Crippen molar-refractivity contribution in [1.82, 2.24) is 14.7 Å². The van der Waals surface area contributed by atoms with Crippen LogP contribution in [0.25, 0.3) is 10.9 Å². The maximum Gasteiger partial charge on any atom is 0.269 e. The molecule has 1 aromatic carbocycles. The summed E-state index contributed by atoms with van der Waals surface area (Å²) >= 11 is 0. The highest BCUT2D eigenvalue weighted by atomic mass is 16.1. The first-order chi connectivity index (χ1) is 9.74. The minimum Gasteiger partial charge on any atom is -0.364 e. The second kappa shape index (κ2) is 4.31. The molecule has 2 aromatic rings. The molecule has 2 bridgehead atoms. The Morgan fingerprint density at radius 2 is 2.00 bits per heavy atom. The Labute approximate surface area is 117 Å². The van der Waals surface area contributed by atoms with Gasteiger partial charge in [-0.15, -0.1) is 0 Å². The lowest BCUT2D eigenvalue weighted by Crippen LogP contribution is -2.48. The second-order valence-electron chi connectivity index (χ2n) is 5.88. The Kier molecular flexibility index (Phi) is 2.57. The molecule has 5 nitrogen and oxygen atoms in total.